The number of rotatable bonds is 6. The molecule has 4 atom stereocenters. The summed E-state index contributed by atoms with van der Waals surface area (Å²) in [6.07, 6.45) is 0.860. The molecule has 0 radical (unpaired) electrons. The number of nitrogens with one attached hydrogen (secondary N) is 1. The first-order valence-electron chi connectivity index (χ1n) is 9.73. The summed E-state index contributed by atoms with van der Waals surface area (Å²) < 4.78 is 18.3. The Morgan fingerprint density at radius 2 is 1.93 bits per heavy atom. The van der Waals surface area contributed by atoms with Gasteiger partial charge in [-0.15, -0.1) is 0 Å². The second kappa shape index (κ2) is 8.73. The normalized spacial score (nSPS) is 21.2. The number of likely N-dealkylation sites (tertiary alicyclic amines) is 1. The van der Waals surface area contributed by atoms with Crippen LogP contribution in [-0.4, -0.2) is 45.7 Å². The van der Waals surface area contributed by atoms with E-state index in [1.54, 1.807) is 25.1 Å². The average Bonchev–Trinajstić information content (AvgIpc) is 3.31. The molecule has 8 heteroatoms. The van der Waals surface area contributed by atoms with Crippen molar-refractivity contribution in [3.8, 4) is 0 Å². The molecule has 2 aromatic rings. The summed E-state index contributed by atoms with van der Waals surface area (Å²) in [5, 5.41) is 16.7. The fourth-order valence-electron chi connectivity index (χ4n) is 3.75. The third-order valence-corrected chi connectivity index (χ3v) is 5.29. The van der Waals surface area contributed by atoms with E-state index in [9.17, 15) is 19.1 Å². The van der Waals surface area contributed by atoms with Gasteiger partial charge < -0.3 is 19.8 Å². The largest absolute Gasteiger partial charge is 0.391 e. The van der Waals surface area contributed by atoms with Crippen molar-refractivity contribution in [1.29, 1.82) is 0 Å². The highest BCUT2D eigenvalue weighted by Crippen LogP contribution is 2.30. The van der Waals surface area contributed by atoms with Crippen molar-refractivity contribution in [3.05, 3.63) is 53.7 Å². The molecule has 1 aliphatic rings. The maximum Gasteiger partial charge on any atom is 0.243 e. The highest BCUT2D eigenvalue weighted by Gasteiger charge is 2.43. The van der Waals surface area contributed by atoms with Gasteiger partial charge in [0.2, 0.25) is 11.8 Å². The van der Waals surface area contributed by atoms with Gasteiger partial charge in [-0.05, 0) is 30.5 Å². The molecule has 2 amide bonds. The first-order valence-corrected chi connectivity index (χ1v) is 9.73. The van der Waals surface area contributed by atoms with Crippen molar-refractivity contribution in [2.24, 2.45) is 5.92 Å². The number of aliphatic hydroxyl groups is 1. The Bertz CT molecular complexity index is 838. The Morgan fingerprint density at radius 3 is 2.52 bits per heavy atom. The van der Waals surface area contributed by atoms with Crippen LogP contribution in [0.5, 0.6) is 0 Å². The summed E-state index contributed by atoms with van der Waals surface area (Å²) in [5.74, 6) is -1.21. The van der Waals surface area contributed by atoms with Crippen molar-refractivity contribution >= 4 is 11.8 Å². The van der Waals surface area contributed by atoms with Gasteiger partial charge in [0.15, 0.2) is 0 Å². The van der Waals surface area contributed by atoms with Crippen molar-refractivity contribution in [3.63, 3.8) is 0 Å². The Hall–Kier alpha value is -2.74. The zero-order valence-corrected chi connectivity index (χ0v) is 16.7. The van der Waals surface area contributed by atoms with E-state index < -0.39 is 18.1 Å². The molecule has 7 nitrogen and oxygen atoms in total. The summed E-state index contributed by atoms with van der Waals surface area (Å²) in [5.41, 5.74) is 0.748. The van der Waals surface area contributed by atoms with Crippen molar-refractivity contribution in [2.45, 2.75) is 51.3 Å². The zero-order chi connectivity index (χ0) is 21.1. The van der Waals surface area contributed by atoms with Crippen LogP contribution in [-0.2, 0) is 9.59 Å². The minimum Gasteiger partial charge on any atom is -0.391 e. The lowest BCUT2D eigenvalue weighted by molar-refractivity contribution is -0.141. The van der Waals surface area contributed by atoms with E-state index in [2.05, 4.69) is 10.5 Å². The van der Waals surface area contributed by atoms with E-state index >= 15 is 0 Å². The van der Waals surface area contributed by atoms with Crippen LogP contribution in [0.4, 0.5) is 4.39 Å². The number of aliphatic hydroxyl groups excluding tert-OH is 1. The monoisotopic (exact) mass is 403 g/mol. The van der Waals surface area contributed by atoms with Crippen LogP contribution in [0.1, 0.15) is 50.5 Å². The van der Waals surface area contributed by atoms with E-state index in [0.717, 1.165) is 5.56 Å². The molecule has 4 unspecified atom stereocenters. The molecule has 29 heavy (non-hydrogen) atoms. The van der Waals surface area contributed by atoms with Crippen LogP contribution < -0.4 is 5.32 Å². The third-order valence-electron chi connectivity index (χ3n) is 5.29. The van der Waals surface area contributed by atoms with Gasteiger partial charge in [-0.1, -0.05) is 31.1 Å². The fraction of sp³-hybridized carbons (Fsp3) is 0.476. The van der Waals surface area contributed by atoms with Crippen molar-refractivity contribution < 1.29 is 23.6 Å². The van der Waals surface area contributed by atoms with Gasteiger partial charge in [0.1, 0.15) is 23.5 Å². The number of hydrogen-bond donors (Lipinski definition) is 2. The lowest BCUT2D eigenvalue weighted by atomic mass is 9.91. The predicted octanol–water partition coefficient (Wildman–Crippen LogP) is 2.39. The molecule has 1 aromatic heterocycles. The van der Waals surface area contributed by atoms with E-state index in [0.29, 0.717) is 5.76 Å². The topological polar surface area (TPSA) is 95.7 Å². The Morgan fingerprint density at radius 1 is 1.24 bits per heavy atom. The Labute approximate surface area is 168 Å². The molecule has 0 spiro atoms. The molecule has 0 bridgehead atoms. The van der Waals surface area contributed by atoms with Crippen LogP contribution in [0.25, 0.3) is 0 Å². The molecular weight excluding hydrogens is 377 g/mol. The molecule has 3 rings (SSSR count). The Balaban J connectivity index is 1.75. The van der Waals surface area contributed by atoms with E-state index in [4.69, 9.17) is 4.52 Å². The molecular formula is C21H26FN3O4. The minimum absolute atomic E-state index is 0.0740. The lowest BCUT2D eigenvalue weighted by Gasteiger charge is -2.29. The highest BCUT2D eigenvalue weighted by molar-refractivity contribution is 5.91. The number of nitrogens with zero attached hydrogens (tertiary/aromatic N) is 2. The molecule has 1 aliphatic heterocycles. The summed E-state index contributed by atoms with van der Waals surface area (Å²) in [7, 11) is 0. The molecule has 156 valence electrons. The van der Waals surface area contributed by atoms with Crippen LogP contribution in [0, 0.1) is 11.7 Å². The van der Waals surface area contributed by atoms with Gasteiger partial charge >= 0.3 is 0 Å². The quantitative estimate of drug-likeness (QED) is 0.772. The summed E-state index contributed by atoms with van der Waals surface area (Å²) in [4.78, 5) is 27.6. The maximum atomic E-state index is 13.2. The molecule has 1 saturated heterocycles. The lowest BCUT2D eigenvalue weighted by Crippen LogP contribution is -2.48. The van der Waals surface area contributed by atoms with Crippen LogP contribution in [0.3, 0.4) is 0 Å². The molecule has 2 N–H and O–H groups in total. The average molecular weight is 403 g/mol. The van der Waals surface area contributed by atoms with Gasteiger partial charge in [0, 0.05) is 19.0 Å². The van der Waals surface area contributed by atoms with Gasteiger partial charge in [-0.3, -0.25) is 9.59 Å². The number of β-amino-alcohol motifs (C(OH)–C–C–N with tert-alkyl or cyclic N) is 1. The number of benzene rings is 1. The standard InChI is InChI=1S/C21H26FN3O4/c1-12(2)19(18-8-9-23-29-18)21(28)25-11-16(26)10-17(25)20(27)24-13(3)14-4-6-15(22)7-5-14/h4-9,12-13,16-17,19,26H,10-11H2,1-3H3,(H,24,27). The molecule has 1 aromatic carbocycles. The number of aromatic nitrogens is 1. The summed E-state index contributed by atoms with van der Waals surface area (Å²) in [6, 6.07) is 6.35. The van der Waals surface area contributed by atoms with Gasteiger partial charge in [-0.2, -0.15) is 0 Å². The molecule has 2 heterocycles. The Kier molecular flexibility index (Phi) is 6.32. The second-order valence-corrected chi connectivity index (χ2v) is 7.81. The highest BCUT2D eigenvalue weighted by atomic mass is 19.1. The van der Waals surface area contributed by atoms with Crippen molar-refractivity contribution in [2.75, 3.05) is 6.54 Å². The van der Waals surface area contributed by atoms with Gasteiger partial charge in [0.05, 0.1) is 18.3 Å². The number of carbonyl (C=O) groups excluding carboxylic acids is 2. The van der Waals surface area contributed by atoms with E-state index in [1.165, 1.54) is 23.2 Å². The maximum absolute atomic E-state index is 13.2. The number of halogens is 1. The van der Waals surface area contributed by atoms with E-state index in [-0.39, 0.29) is 42.6 Å². The molecule has 1 fully saturated rings. The van der Waals surface area contributed by atoms with Gasteiger partial charge in [0.25, 0.3) is 0 Å². The number of amides is 2. The molecule has 0 aliphatic carbocycles. The predicted molar refractivity (Wildman–Crippen MR) is 103 cm³/mol. The number of hydrogen-bond acceptors (Lipinski definition) is 5. The smallest absolute Gasteiger partial charge is 0.243 e. The second-order valence-electron chi connectivity index (χ2n) is 7.81. The fourth-order valence-corrected chi connectivity index (χ4v) is 3.75. The first kappa shape index (κ1) is 21.0. The third kappa shape index (κ3) is 4.64. The van der Waals surface area contributed by atoms with E-state index in [1.807, 2.05) is 13.8 Å². The summed E-state index contributed by atoms with van der Waals surface area (Å²) >= 11 is 0. The minimum atomic E-state index is -0.787. The van der Waals surface area contributed by atoms with Crippen LogP contribution in [0.15, 0.2) is 41.1 Å². The molecule has 0 saturated carbocycles. The van der Waals surface area contributed by atoms with Crippen molar-refractivity contribution in [1.82, 2.24) is 15.4 Å². The van der Waals surface area contributed by atoms with Gasteiger partial charge in [-0.25, -0.2) is 4.39 Å². The SMILES string of the molecule is CC(NC(=O)C1CC(O)CN1C(=O)C(c1ccno1)C(C)C)c1ccc(F)cc1. The zero-order valence-electron chi connectivity index (χ0n) is 16.7. The van der Waals surface area contributed by atoms with Crippen LogP contribution in [0.2, 0.25) is 0 Å². The number of carbonyl (C=O) groups is 2. The van der Waals surface area contributed by atoms with Crippen LogP contribution >= 0.6 is 0 Å². The first-order chi connectivity index (χ1) is 13.8. The summed E-state index contributed by atoms with van der Waals surface area (Å²) in [6.45, 7) is 5.65.